The van der Waals surface area contributed by atoms with E-state index < -0.39 is 18.0 Å². The number of hydrogen-bond donors (Lipinski definition) is 5. The van der Waals surface area contributed by atoms with E-state index in [0.29, 0.717) is 68.0 Å². The fraction of sp³-hybridized carbons (Fsp3) is 0.192. The molecule has 13 aromatic rings. The number of methoxy groups -OCH3 is 7. The predicted octanol–water partition coefficient (Wildman–Crippen LogP) is 11.7. The van der Waals surface area contributed by atoms with E-state index in [9.17, 15) is 29.6 Å². The number of ether oxygens (including phenoxy) is 7. The fourth-order valence-electron chi connectivity index (χ4n) is 10.2. The Morgan fingerprint density at radius 1 is 0.482 bits per heavy atom. The maximum absolute atomic E-state index is 11.9. The lowest BCUT2D eigenvalue weighted by molar-refractivity contribution is -0.390. The molecule has 110 heavy (non-hydrogen) atoms. The minimum atomic E-state index is -1.47. The maximum atomic E-state index is 11.9. The number of halogens is 1. The van der Waals surface area contributed by atoms with Crippen molar-refractivity contribution in [2.24, 2.45) is 0 Å². The minimum Gasteiger partial charge on any atom is -0.497 e. The van der Waals surface area contributed by atoms with E-state index in [1.165, 1.54) is 50.0 Å². The number of aromatic amines is 1. The number of esters is 2. The third-order valence-electron chi connectivity index (χ3n) is 16.1. The van der Waals surface area contributed by atoms with Gasteiger partial charge in [0.1, 0.15) is 57.3 Å². The highest BCUT2D eigenvalue weighted by molar-refractivity contribution is 9.10. The van der Waals surface area contributed by atoms with E-state index in [4.69, 9.17) is 44.2 Å². The molecule has 0 amide bonds. The molecule has 0 aliphatic rings. The number of aromatic carboxylic acids is 1. The number of nitrogen functional groups attached to an aromatic ring is 1. The van der Waals surface area contributed by atoms with Crippen LogP contribution in [0.5, 0.6) is 28.7 Å². The lowest BCUT2D eigenvalue weighted by Crippen LogP contribution is -2.30. The Labute approximate surface area is 643 Å². The summed E-state index contributed by atoms with van der Waals surface area (Å²) in [6, 6.07) is 41.7. The molecule has 0 unspecified atom stereocenters. The van der Waals surface area contributed by atoms with Crippen molar-refractivity contribution in [3.63, 3.8) is 0 Å². The summed E-state index contributed by atoms with van der Waals surface area (Å²) in [6.45, 7) is 11.5. The molecule has 8 aromatic heterocycles. The van der Waals surface area contributed by atoms with Gasteiger partial charge in [-0.2, -0.15) is 20.4 Å². The number of pyridine rings is 3. The number of H-pyrrole nitrogens is 1. The summed E-state index contributed by atoms with van der Waals surface area (Å²) < 4.78 is 42.8. The van der Waals surface area contributed by atoms with Crippen LogP contribution in [0.2, 0.25) is 0 Å². The number of nitrogens with two attached hydrogens (primary N) is 1. The average molecular weight is 1560 g/mol. The number of nitrogens with zero attached hydrogens (tertiary/aromatic N) is 13. The van der Waals surface area contributed by atoms with Gasteiger partial charge in [0.05, 0.1) is 105 Å². The van der Waals surface area contributed by atoms with Crippen molar-refractivity contribution in [1.82, 2.24) is 64.3 Å². The quantitative estimate of drug-likeness (QED) is 0.0230. The molecule has 0 spiro atoms. The van der Waals surface area contributed by atoms with Crippen LogP contribution in [0.25, 0.3) is 22.7 Å². The smallest absolute Gasteiger partial charge is 0.492 e. The van der Waals surface area contributed by atoms with Crippen LogP contribution in [0.1, 0.15) is 87.1 Å². The molecule has 0 bridgehead atoms. The van der Waals surface area contributed by atoms with Crippen LogP contribution in [0.15, 0.2) is 212 Å². The van der Waals surface area contributed by atoms with Gasteiger partial charge >= 0.3 is 30.8 Å². The number of carboxylic acids is 1. The molecule has 0 saturated carbocycles. The Balaban J connectivity index is 0.000000184. The summed E-state index contributed by atoms with van der Waals surface area (Å²) >= 11 is 3.17. The van der Waals surface area contributed by atoms with Crippen molar-refractivity contribution < 1.29 is 67.6 Å². The van der Waals surface area contributed by atoms with Gasteiger partial charge in [0, 0.05) is 85.3 Å². The molecular formula is C78H83BBrN15O15. The van der Waals surface area contributed by atoms with Gasteiger partial charge in [-0.25, -0.2) is 28.4 Å². The Bertz CT molecular complexity index is 5160. The zero-order chi connectivity index (χ0) is 80.0. The van der Waals surface area contributed by atoms with Gasteiger partial charge < -0.3 is 64.2 Å². The van der Waals surface area contributed by atoms with E-state index in [0.717, 1.165) is 73.6 Å². The molecule has 8 heterocycles. The van der Waals surface area contributed by atoms with Gasteiger partial charge in [0.25, 0.3) is 0 Å². The molecule has 570 valence electrons. The van der Waals surface area contributed by atoms with Crippen molar-refractivity contribution in [2.45, 2.75) is 54.4 Å². The molecule has 5 aromatic carbocycles. The van der Waals surface area contributed by atoms with Gasteiger partial charge in [0.2, 0.25) is 0 Å². The molecular weight excluding hydrogens is 1480 g/mol. The van der Waals surface area contributed by atoms with Crippen LogP contribution in [-0.4, -0.2) is 159 Å². The van der Waals surface area contributed by atoms with E-state index in [1.807, 2.05) is 144 Å². The zero-order valence-electron chi connectivity index (χ0n) is 62.6. The molecule has 0 radical (unpaired) electrons. The number of carbonyl (C=O) groups excluding carboxylic acids is 2. The number of para-hydroxylation sites is 9. The zero-order valence-corrected chi connectivity index (χ0v) is 64.2. The molecule has 0 saturated heterocycles. The molecule has 30 nitrogen and oxygen atoms in total. The van der Waals surface area contributed by atoms with Crippen molar-refractivity contribution in [2.75, 3.05) is 55.5 Å². The van der Waals surface area contributed by atoms with Crippen molar-refractivity contribution in [3.8, 4) is 51.5 Å². The molecule has 0 atom stereocenters. The summed E-state index contributed by atoms with van der Waals surface area (Å²) in [5, 5.41) is 61.6. The normalized spacial score (nSPS) is 10.1. The first-order valence-corrected chi connectivity index (χ1v) is 34.2. The van der Waals surface area contributed by atoms with Gasteiger partial charge in [-0.3, -0.25) is 20.1 Å². The van der Waals surface area contributed by atoms with Crippen LogP contribution >= 0.6 is 15.9 Å². The fourth-order valence-corrected chi connectivity index (χ4v) is 10.6. The van der Waals surface area contributed by atoms with Crippen LogP contribution < -0.4 is 34.9 Å². The predicted molar refractivity (Wildman–Crippen MR) is 417 cm³/mol. The summed E-state index contributed by atoms with van der Waals surface area (Å²) in [7, 11) is 9.16. The lowest BCUT2D eigenvalue weighted by Gasteiger charge is -2.08. The second-order valence-electron chi connectivity index (χ2n) is 23.4. The summed E-state index contributed by atoms with van der Waals surface area (Å²) in [4.78, 5) is 56.4. The largest absolute Gasteiger partial charge is 0.497 e. The summed E-state index contributed by atoms with van der Waals surface area (Å²) in [5.41, 5.74) is 19.5. The Hall–Kier alpha value is -13.3. The van der Waals surface area contributed by atoms with Crippen molar-refractivity contribution in [1.29, 1.82) is 0 Å². The highest BCUT2D eigenvalue weighted by atomic mass is 79.9. The Morgan fingerprint density at radius 3 is 1.21 bits per heavy atom. The van der Waals surface area contributed by atoms with Crippen LogP contribution in [0.3, 0.4) is 0 Å². The Morgan fingerprint density at radius 2 is 0.855 bits per heavy atom. The monoisotopic (exact) mass is 1560 g/mol. The molecule has 6 N–H and O–H groups in total. The molecule has 13 rings (SSSR count). The number of rotatable bonds is 18. The van der Waals surface area contributed by atoms with E-state index >= 15 is 0 Å². The van der Waals surface area contributed by atoms with Gasteiger partial charge in [0.15, 0.2) is 0 Å². The summed E-state index contributed by atoms with van der Waals surface area (Å²) in [5.74, 6) is 2.05. The van der Waals surface area contributed by atoms with Crippen LogP contribution in [0, 0.1) is 51.7 Å². The third kappa shape index (κ3) is 22.9. The first-order valence-electron chi connectivity index (χ1n) is 33.4. The van der Waals surface area contributed by atoms with Crippen molar-refractivity contribution >= 4 is 58.1 Å². The standard InChI is InChI=1S/C19H19N3O3.C18H17N3O3.C11H11N3O3.C11H13N3O.C7H9BO3.C7H6BrNO2.C5H8N2/c1-13-12-22(17-6-4-5-7-18(17)24-2)21-16(13)10-14-11-20-9-8-15(14)19(23)25-3;1-12-11-21(16-5-3-4-6-17(16)24-2)20-15(12)9-13-10-19-8-7-14(13)18(22)23;1-8-7-13(12-11(8)14(15)16)9-5-3-4-6-10(9)17-2;1-8-7-14(13-11(8)12)9-5-3-4-6-10(9)15-2;1-11-7-5-3-2-4-6(7)8(9)10;1-11-7(10)5-2-3-9-4-6(5)8;1-4-3-6-7-5(4)2/h4-9,11-12H,10H2,1-3H3;3-8,10-11H,9H2,1-2H3,(H,22,23);3-7H,1-2H3;3-7H,1-2H3,(H2,12,13);2-5,9-10H,1H3;2-4H,1H3;3H,1-2H3,(H,6,7). The summed E-state index contributed by atoms with van der Waals surface area (Å²) in [6.07, 6.45) is 19.4. The van der Waals surface area contributed by atoms with Gasteiger partial charge in [-0.05, 0) is 163 Å². The number of nitrogens with one attached hydrogen (secondary N) is 1. The van der Waals surface area contributed by atoms with Crippen LogP contribution in [-0.2, 0) is 22.3 Å². The van der Waals surface area contributed by atoms with Crippen LogP contribution in [0.4, 0.5) is 11.6 Å². The maximum Gasteiger partial charge on any atom is 0.492 e. The number of benzene rings is 5. The second-order valence-corrected chi connectivity index (χ2v) is 24.3. The number of aryl methyl sites for hydroxylation is 6. The second kappa shape index (κ2) is 41.5. The minimum absolute atomic E-state index is 0.143. The first kappa shape index (κ1) is 83.9. The van der Waals surface area contributed by atoms with Gasteiger partial charge in [-0.1, -0.05) is 66.7 Å². The lowest BCUT2D eigenvalue weighted by atomic mass is 9.80. The molecule has 32 heteroatoms. The number of carboxylic acid groups (broad SMARTS) is 1. The van der Waals surface area contributed by atoms with E-state index in [1.54, 1.807) is 129 Å². The number of hydrogen-bond acceptors (Lipinski definition) is 23. The molecule has 0 aliphatic heterocycles. The number of aromatic nitrogens is 13. The SMILES string of the molecule is COC(=O)c1ccncc1Br.COC(=O)c1ccncc1Cc1nn(-c2ccccc2OC)cc1C.COc1ccccc1-n1cc(C)c(Cc2cnccc2C(=O)O)n1.COc1ccccc1-n1cc(C)c(N)n1.COc1ccccc1-n1cc(C)c([N+](=O)[O-])n1.COc1ccccc1B(O)O.Cc1cn[nH]c1C. The van der Waals surface area contributed by atoms with E-state index in [2.05, 4.69) is 66.2 Å². The van der Waals surface area contributed by atoms with Crippen molar-refractivity contribution in [3.05, 3.63) is 295 Å². The topological polar surface area (TPSA) is 384 Å². The highest BCUT2D eigenvalue weighted by Crippen LogP contribution is 2.29. The number of anilines is 1. The first-order chi connectivity index (χ1) is 52.9. The number of nitro groups is 1. The molecule has 0 aliphatic carbocycles. The average Bonchev–Trinajstić information content (AvgIpc) is 1.65. The molecule has 0 fully saturated rings. The number of carbonyl (C=O) groups is 3. The Kier molecular flexibility index (Phi) is 31.7. The van der Waals surface area contributed by atoms with E-state index in [-0.39, 0.29) is 23.3 Å². The third-order valence-corrected chi connectivity index (χ3v) is 16.8. The van der Waals surface area contributed by atoms with Gasteiger partial charge in [-0.15, -0.1) is 4.68 Å². The highest BCUT2D eigenvalue weighted by Gasteiger charge is 2.22.